The van der Waals surface area contributed by atoms with E-state index < -0.39 is 11.6 Å². The van der Waals surface area contributed by atoms with Crippen LogP contribution >= 0.6 is 0 Å². The maximum atomic E-state index is 13.0. The van der Waals surface area contributed by atoms with Crippen LogP contribution in [-0.4, -0.2) is 54.3 Å². The standard InChI is InChI=1S/C15H21FN2O3/c1-9(2)18-7-12(14(8-18)21-3)17-15(20)10-4-5-11(16)13(19)6-10/h4-6,9,12,14,19H,7-8H2,1-3H3,(H,17,20)/t12-,14-/m0/s1. The highest BCUT2D eigenvalue weighted by Crippen LogP contribution is 2.19. The number of amides is 1. The molecule has 1 fully saturated rings. The first-order valence-corrected chi connectivity index (χ1v) is 6.98. The summed E-state index contributed by atoms with van der Waals surface area (Å²) in [6.07, 6.45) is -0.0783. The lowest BCUT2D eigenvalue weighted by atomic mass is 10.1. The molecule has 1 heterocycles. The van der Waals surface area contributed by atoms with Crippen LogP contribution in [0.3, 0.4) is 0 Å². The number of halogens is 1. The van der Waals surface area contributed by atoms with Crippen molar-refractivity contribution in [2.24, 2.45) is 0 Å². The van der Waals surface area contributed by atoms with Crippen molar-refractivity contribution >= 4 is 5.91 Å². The number of likely N-dealkylation sites (tertiary alicyclic amines) is 1. The van der Waals surface area contributed by atoms with Gasteiger partial charge in [0.25, 0.3) is 5.91 Å². The number of nitrogens with one attached hydrogen (secondary N) is 1. The quantitative estimate of drug-likeness (QED) is 0.881. The number of carbonyl (C=O) groups is 1. The van der Waals surface area contributed by atoms with Gasteiger partial charge in [-0.15, -0.1) is 0 Å². The Balaban J connectivity index is 2.06. The highest BCUT2D eigenvalue weighted by atomic mass is 19.1. The number of rotatable bonds is 4. The molecule has 1 aromatic rings. The lowest BCUT2D eigenvalue weighted by Gasteiger charge is -2.20. The molecule has 5 nitrogen and oxygen atoms in total. The second kappa shape index (κ2) is 6.41. The van der Waals surface area contributed by atoms with Gasteiger partial charge in [0.15, 0.2) is 11.6 Å². The molecule has 2 rings (SSSR count). The maximum Gasteiger partial charge on any atom is 0.251 e. The van der Waals surface area contributed by atoms with Crippen molar-refractivity contribution in [1.82, 2.24) is 10.2 Å². The highest BCUT2D eigenvalue weighted by molar-refractivity contribution is 5.94. The molecular formula is C15H21FN2O3. The Morgan fingerprint density at radius 2 is 2.19 bits per heavy atom. The minimum absolute atomic E-state index is 0.0783. The fourth-order valence-corrected chi connectivity index (χ4v) is 2.51. The molecule has 2 atom stereocenters. The zero-order chi connectivity index (χ0) is 15.6. The first kappa shape index (κ1) is 15.7. The Kier molecular flexibility index (Phi) is 4.80. The molecule has 1 saturated heterocycles. The molecule has 0 bridgehead atoms. The third-order valence-electron chi connectivity index (χ3n) is 3.85. The first-order chi connectivity index (χ1) is 9.92. The van der Waals surface area contributed by atoms with Gasteiger partial charge in [-0.3, -0.25) is 9.69 Å². The summed E-state index contributed by atoms with van der Waals surface area (Å²) in [6.45, 7) is 5.65. The molecule has 0 saturated carbocycles. The third-order valence-corrected chi connectivity index (χ3v) is 3.85. The Morgan fingerprint density at radius 3 is 2.76 bits per heavy atom. The summed E-state index contributed by atoms with van der Waals surface area (Å²) in [6, 6.07) is 3.80. The monoisotopic (exact) mass is 296 g/mol. The lowest BCUT2D eigenvalue weighted by Crippen LogP contribution is -2.43. The van der Waals surface area contributed by atoms with Gasteiger partial charge in [-0.2, -0.15) is 0 Å². The molecule has 0 spiro atoms. The average molecular weight is 296 g/mol. The van der Waals surface area contributed by atoms with Crippen LogP contribution in [-0.2, 0) is 4.74 Å². The molecule has 1 aliphatic heterocycles. The van der Waals surface area contributed by atoms with E-state index in [1.807, 2.05) is 0 Å². The fourth-order valence-electron chi connectivity index (χ4n) is 2.51. The largest absolute Gasteiger partial charge is 0.505 e. The molecule has 21 heavy (non-hydrogen) atoms. The van der Waals surface area contributed by atoms with Gasteiger partial charge in [0.1, 0.15) is 0 Å². The number of benzene rings is 1. The van der Waals surface area contributed by atoms with E-state index >= 15 is 0 Å². The zero-order valence-electron chi connectivity index (χ0n) is 12.5. The van der Waals surface area contributed by atoms with Crippen molar-refractivity contribution in [3.63, 3.8) is 0 Å². The minimum atomic E-state index is -0.742. The van der Waals surface area contributed by atoms with E-state index in [2.05, 4.69) is 24.1 Å². The van der Waals surface area contributed by atoms with Crippen LogP contribution in [0.25, 0.3) is 0 Å². The maximum absolute atomic E-state index is 13.0. The second-order valence-corrected chi connectivity index (χ2v) is 5.57. The van der Waals surface area contributed by atoms with E-state index in [-0.39, 0.29) is 23.6 Å². The Morgan fingerprint density at radius 1 is 1.48 bits per heavy atom. The molecule has 0 aromatic heterocycles. The molecule has 1 aromatic carbocycles. The first-order valence-electron chi connectivity index (χ1n) is 6.98. The van der Waals surface area contributed by atoms with Crippen LogP contribution in [0, 0.1) is 5.82 Å². The number of phenolic OH excluding ortho intramolecular Hbond substituents is 1. The number of carbonyl (C=O) groups excluding carboxylic acids is 1. The van der Waals surface area contributed by atoms with Crippen LogP contribution in [0.1, 0.15) is 24.2 Å². The normalized spacial score (nSPS) is 22.7. The van der Waals surface area contributed by atoms with Crippen molar-refractivity contribution in [3.8, 4) is 5.75 Å². The van der Waals surface area contributed by atoms with Crippen LogP contribution in [0.4, 0.5) is 4.39 Å². The summed E-state index contributed by atoms with van der Waals surface area (Å²) in [4.78, 5) is 14.4. The molecule has 116 valence electrons. The summed E-state index contributed by atoms with van der Waals surface area (Å²) in [7, 11) is 1.62. The van der Waals surface area contributed by atoms with Gasteiger partial charge in [0.05, 0.1) is 12.1 Å². The minimum Gasteiger partial charge on any atom is -0.505 e. The van der Waals surface area contributed by atoms with Crippen molar-refractivity contribution in [2.75, 3.05) is 20.2 Å². The van der Waals surface area contributed by atoms with Crippen LogP contribution in [0.5, 0.6) is 5.75 Å². The Hall–Kier alpha value is -1.66. The summed E-state index contributed by atoms with van der Waals surface area (Å²) < 4.78 is 18.4. The topological polar surface area (TPSA) is 61.8 Å². The van der Waals surface area contributed by atoms with Gasteiger partial charge in [-0.25, -0.2) is 4.39 Å². The molecule has 1 amide bonds. The van der Waals surface area contributed by atoms with Crippen LogP contribution < -0.4 is 5.32 Å². The molecular weight excluding hydrogens is 275 g/mol. The van der Waals surface area contributed by atoms with Crippen LogP contribution in [0.15, 0.2) is 18.2 Å². The number of nitrogens with zero attached hydrogens (tertiary/aromatic N) is 1. The highest BCUT2D eigenvalue weighted by Gasteiger charge is 2.35. The smallest absolute Gasteiger partial charge is 0.251 e. The summed E-state index contributed by atoms with van der Waals surface area (Å²) in [5.74, 6) is -1.61. The molecule has 6 heteroatoms. The van der Waals surface area contributed by atoms with E-state index in [9.17, 15) is 14.3 Å². The van der Waals surface area contributed by atoms with Gasteiger partial charge >= 0.3 is 0 Å². The Labute approximate surface area is 123 Å². The van der Waals surface area contributed by atoms with Gasteiger partial charge in [0.2, 0.25) is 0 Å². The van der Waals surface area contributed by atoms with Crippen molar-refractivity contribution < 1.29 is 19.0 Å². The van der Waals surface area contributed by atoms with Crippen molar-refractivity contribution in [3.05, 3.63) is 29.6 Å². The van der Waals surface area contributed by atoms with E-state index in [1.54, 1.807) is 7.11 Å². The molecule has 0 radical (unpaired) electrons. The third kappa shape index (κ3) is 3.51. The molecule has 0 unspecified atom stereocenters. The van der Waals surface area contributed by atoms with Crippen molar-refractivity contribution in [1.29, 1.82) is 0 Å². The van der Waals surface area contributed by atoms with Gasteiger partial charge in [0, 0.05) is 31.8 Å². The number of hydrogen-bond donors (Lipinski definition) is 2. The summed E-state index contributed by atoms with van der Waals surface area (Å²) in [5.41, 5.74) is 0.228. The van der Waals surface area contributed by atoms with Gasteiger partial charge < -0.3 is 15.2 Å². The number of phenols is 1. The number of aromatic hydroxyl groups is 1. The van der Waals surface area contributed by atoms with Gasteiger partial charge in [-0.05, 0) is 32.0 Å². The second-order valence-electron chi connectivity index (χ2n) is 5.57. The predicted octanol–water partition coefficient (Wildman–Crippen LogP) is 1.37. The summed E-state index contributed by atoms with van der Waals surface area (Å²) in [5, 5.41) is 12.2. The SMILES string of the molecule is CO[C@H]1CN(C(C)C)C[C@@H]1NC(=O)c1ccc(F)c(O)c1. The van der Waals surface area contributed by atoms with E-state index in [1.165, 1.54) is 6.07 Å². The number of methoxy groups -OCH3 is 1. The number of hydrogen-bond acceptors (Lipinski definition) is 4. The molecule has 0 aliphatic carbocycles. The van der Waals surface area contributed by atoms with E-state index in [0.29, 0.717) is 12.6 Å². The van der Waals surface area contributed by atoms with E-state index in [0.717, 1.165) is 18.7 Å². The average Bonchev–Trinajstić information content (AvgIpc) is 2.85. The summed E-state index contributed by atoms with van der Waals surface area (Å²) >= 11 is 0. The van der Waals surface area contributed by atoms with Crippen molar-refractivity contribution in [2.45, 2.75) is 32.0 Å². The van der Waals surface area contributed by atoms with E-state index in [4.69, 9.17) is 4.74 Å². The Bertz CT molecular complexity index is 522. The van der Waals surface area contributed by atoms with Crippen LogP contribution in [0.2, 0.25) is 0 Å². The zero-order valence-corrected chi connectivity index (χ0v) is 12.5. The van der Waals surface area contributed by atoms with Gasteiger partial charge in [-0.1, -0.05) is 0 Å². The lowest BCUT2D eigenvalue weighted by molar-refractivity contribution is 0.0753. The molecule has 1 aliphatic rings. The molecule has 2 N–H and O–H groups in total. The number of ether oxygens (including phenoxy) is 1. The predicted molar refractivity (Wildman–Crippen MR) is 76.8 cm³/mol. The fraction of sp³-hybridized carbons (Fsp3) is 0.533.